The zero-order chi connectivity index (χ0) is 30.3. The van der Waals surface area contributed by atoms with E-state index in [4.69, 9.17) is 0 Å². The highest BCUT2D eigenvalue weighted by Crippen LogP contribution is 2.42. The number of halogens is 4. The molecule has 2 aliphatic heterocycles. The summed E-state index contributed by atoms with van der Waals surface area (Å²) in [4.78, 5) is 45.9. The molecule has 5 heterocycles. The first-order valence-corrected chi connectivity index (χ1v) is 13.5. The van der Waals surface area contributed by atoms with Gasteiger partial charge in [0.25, 0.3) is 11.8 Å². The first-order chi connectivity index (χ1) is 20.4. The number of fused-ring (bicyclic) bond motifs is 1. The van der Waals surface area contributed by atoms with E-state index in [9.17, 15) is 37.2 Å². The molecule has 4 aromatic rings. The predicted molar refractivity (Wildman–Crippen MR) is 145 cm³/mol. The van der Waals surface area contributed by atoms with E-state index < -0.39 is 37.4 Å². The number of hydrogen-bond acceptors (Lipinski definition) is 5. The number of pyridine rings is 1. The Labute approximate surface area is 241 Å². The molecule has 43 heavy (non-hydrogen) atoms. The van der Waals surface area contributed by atoms with Crippen molar-refractivity contribution in [3.8, 4) is 6.07 Å². The summed E-state index contributed by atoms with van der Waals surface area (Å²) >= 11 is 0. The van der Waals surface area contributed by atoms with Gasteiger partial charge in [0.15, 0.2) is 11.6 Å². The Balaban J connectivity index is 1.34. The molecule has 0 N–H and O–H groups in total. The summed E-state index contributed by atoms with van der Waals surface area (Å²) in [5, 5.41) is 10.3. The largest absolute Gasteiger partial charge is 0.345 e. The molecule has 13 heteroatoms. The fourth-order valence-electron chi connectivity index (χ4n) is 6.48. The number of hydrogen-bond donors (Lipinski definition) is 0. The van der Waals surface area contributed by atoms with Crippen LogP contribution < -0.4 is 0 Å². The van der Waals surface area contributed by atoms with Crippen LogP contribution in [0.1, 0.15) is 35.2 Å². The summed E-state index contributed by atoms with van der Waals surface area (Å²) < 4.78 is 59.8. The lowest BCUT2D eigenvalue weighted by molar-refractivity contribution is -0.162. The first kappa shape index (κ1) is 26.9. The molecule has 3 aliphatic rings. The molecule has 2 amide bonds. The lowest BCUT2D eigenvalue weighted by Gasteiger charge is -2.39. The summed E-state index contributed by atoms with van der Waals surface area (Å²) in [5.74, 6) is -8.19. The van der Waals surface area contributed by atoms with Crippen molar-refractivity contribution in [2.45, 2.75) is 37.8 Å². The van der Waals surface area contributed by atoms with Crippen molar-refractivity contribution >= 4 is 45.3 Å². The van der Waals surface area contributed by atoms with Gasteiger partial charge in [-0.3, -0.25) is 14.0 Å². The molecule has 0 atom stereocenters. The Kier molecular flexibility index (Phi) is 5.79. The van der Waals surface area contributed by atoms with Gasteiger partial charge in [-0.15, -0.1) is 0 Å². The van der Waals surface area contributed by atoms with E-state index in [1.165, 1.54) is 11.1 Å². The van der Waals surface area contributed by atoms with Crippen LogP contribution in [-0.2, 0) is 22.7 Å². The Bertz CT molecular complexity index is 1950. The molecule has 0 bridgehead atoms. The van der Waals surface area contributed by atoms with Crippen molar-refractivity contribution in [3.05, 3.63) is 71.3 Å². The predicted octanol–water partition coefficient (Wildman–Crippen LogP) is 4.53. The average molecular weight is 591 g/mol. The standard InChI is InChI=1S/C30H22F4N6O3/c31-29(32)14-30(33,34)16-39(15-29)28(43)38-6-5-37-13-20(19-8-17(10-35)7-18(12-38)27(19)37)25-22(41)9-23(42)26(25)21-11-36-24-3-1-2-4-40(21)24/h1-4,7-8,11,13H,5-6,9,12,14-16H2. The first-order valence-electron chi connectivity index (χ1n) is 13.5. The number of carbonyl (C=O) groups is 3. The zero-order valence-electron chi connectivity index (χ0n) is 22.5. The van der Waals surface area contributed by atoms with Crippen LogP contribution in [0.5, 0.6) is 0 Å². The number of ketones is 2. The van der Waals surface area contributed by atoms with Crippen LogP contribution in [0, 0.1) is 11.3 Å². The monoisotopic (exact) mass is 590 g/mol. The molecule has 0 saturated carbocycles. The number of allylic oxidation sites excluding steroid dienone is 2. The third-order valence-electron chi connectivity index (χ3n) is 8.13. The maximum atomic E-state index is 14.1. The van der Waals surface area contributed by atoms with Gasteiger partial charge in [-0.25, -0.2) is 27.3 Å². The highest BCUT2D eigenvalue weighted by atomic mass is 19.3. The highest BCUT2D eigenvalue weighted by molar-refractivity contribution is 6.51. The van der Waals surface area contributed by atoms with Gasteiger partial charge in [-0.1, -0.05) is 6.07 Å². The smallest absolute Gasteiger partial charge is 0.320 e. The Morgan fingerprint density at radius 2 is 1.72 bits per heavy atom. The molecule has 218 valence electrons. The lowest BCUT2D eigenvalue weighted by Crippen LogP contribution is -2.57. The Hall–Kier alpha value is -4.99. The molecule has 3 aromatic heterocycles. The number of likely N-dealkylation sites (tertiary alicyclic amines) is 1. The van der Waals surface area contributed by atoms with Crippen LogP contribution in [0.25, 0.3) is 27.7 Å². The molecule has 1 aliphatic carbocycles. The number of carbonyl (C=O) groups excluding carboxylic acids is 3. The Morgan fingerprint density at radius 3 is 2.47 bits per heavy atom. The van der Waals surface area contributed by atoms with Crippen LogP contribution >= 0.6 is 0 Å². The van der Waals surface area contributed by atoms with Crippen molar-refractivity contribution in [1.82, 2.24) is 23.8 Å². The van der Waals surface area contributed by atoms with Gasteiger partial charge in [0.05, 0.1) is 60.5 Å². The number of aromatic nitrogens is 3. The van der Waals surface area contributed by atoms with E-state index in [0.29, 0.717) is 38.3 Å². The molecule has 1 saturated heterocycles. The minimum absolute atomic E-state index is 0.00168. The number of amides is 2. The number of piperidine rings is 1. The summed E-state index contributed by atoms with van der Waals surface area (Å²) in [6.07, 6.45) is 3.02. The summed E-state index contributed by atoms with van der Waals surface area (Å²) in [6, 6.07) is 9.63. The van der Waals surface area contributed by atoms with Gasteiger partial charge >= 0.3 is 6.03 Å². The molecular formula is C30H22F4N6O3. The van der Waals surface area contributed by atoms with Crippen LogP contribution in [-0.4, -0.2) is 72.8 Å². The van der Waals surface area contributed by atoms with E-state index in [-0.39, 0.29) is 54.3 Å². The molecule has 7 rings (SSSR count). The molecular weight excluding hydrogens is 568 g/mol. The quantitative estimate of drug-likeness (QED) is 0.252. The van der Waals surface area contributed by atoms with E-state index in [2.05, 4.69) is 11.1 Å². The second kappa shape index (κ2) is 9.26. The minimum Gasteiger partial charge on any atom is -0.345 e. The SMILES string of the molecule is N#Cc1cc2c3c(c1)c(C1=C(c4cnc5ccccn45)C(=O)CC1=O)cn3CCN(C(=O)N1CC(F)(F)CC(F)(F)C1)C2. The molecule has 1 fully saturated rings. The molecule has 0 radical (unpaired) electrons. The number of urea groups is 1. The fourth-order valence-corrected chi connectivity index (χ4v) is 6.48. The number of imidazole rings is 1. The van der Waals surface area contributed by atoms with Crippen LogP contribution in [0.2, 0.25) is 0 Å². The number of rotatable bonds is 2. The lowest BCUT2D eigenvalue weighted by atomic mass is 9.96. The van der Waals surface area contributed by atoms with Crippen LogP contribution in [0.3, 0.4) is 0 Å². The van der Waals surface area contributed by atoms with Crippen molar-refractivity contribution < 1.29 is 31.9 Å². The van der Waals surface area contributed by atoms with Gasteiger partial charge in [0.1, 0.15) is 5.65 Å². The van der Waals surface area contributed by atoms with E-state index in [1.54, 1.807) is 51.7 Å². The third-order valence-corrected chi connectivity index (χ3v) is 8.13. The average Bonchev–Trinajstić information content (AvgIpc) is 3.56. The van der Waals surface area contributed by atoms with Crippen molar-refractivity contribution in [2.75, 3.05) is 19.6 Å². The Morgan fingerprint density at radius 1 is 0.977 bits per heavy atom. The normalized spacial score (nSPS) is 19.8. The van der Waals surface area contributed by atoms with Crippen molar-refractivity contribution in [3.63, 3.8) is 0 Å². The van der Waals surface area contributed by atoms with Crippen molar-refractivity contribution in [2.24, 2.45) is 0 Å². The maximum absolute atomic E-state index is 14.1. The minimum atomic E-state index is -3.73. The van der Waals surface area contributed by atoms with E-state index in [0.717, 1.165) is 0 Å². The third kappa shape index (κ3) is 4.36. The molecule has 0 unspecified atom stereocenters. The number of benzene rings is 1. The summed E-state index contributed by atoms with van der Waals surface area (Å²) in [5.41, 5.74) is 3.19. The van der Waals surface area contributed by atoms with Gasteiger partial charge in [-0.2, -0.15) is 5.26 Å². The summed E-state index contributed by atoms with van der Waals surface area (Å²) in [6.45, 7) is -2.20. The van der Waals surface area contributed by atoms with Crippen LogP contribution in [0.4, 0.5) is 22.4 Å². The highest BCUT2D eigenvalue weighted by Gasteiger charge is 2.52. The van der Waals surface area contributed by atoms with Gasteiger partial charge < -0.3 is 14.4 Å². The fraction of sp³-hybridized carbons (Fsp3) is 0.300. The number of nitrogens with zero attached hydrogens (tertiary/aromatic N) is 6. The number of alkyl halides is 4. The van der Waals surface area contributed by atoms with E-state index in [1.807, 2.05) is 0 Å². The topological polar surface area (TPSA) is 104 Å². The summed E-state index contributed by atoms with van der Waals surface area (Å²) in [7, 11) is 0. The molecule has 0 spiro atoms. The second-order valence-corrected chi connectivity index (χ2v) is 11.2. The number of nitriles is 1. The molecule has 1 aromatic carbocycles. The van der Waals surface area contributed by atoms with E-state index >= 15 is 0 Å². The van der Waals surface area contributed by atoms with Gasteiger partial charge in [0.2, 0.25) is 0 Å². The second-order valence-electron chi connectivity index (χ2n) is 11.2. The van der Waals surface area contributed by atoms with Gasteiger partial charge in [0, 0.05) is 48.6 Å². The number of Topliss-reactive ketones (excluding diaryl/α,β-unsaturated/α-hetero) is 2. The molecule has 9 nitrogen and oxygen atoms in total. The van der Waals surface area contributed by atoms with Crippen LogP contribution in [0.15, 0.2) is 48.9 Å². The van der Waals surface area contributed by atoms with Gasteiger partial charge in [-0.05, 0) is 29.8 Å². The zero-order valence-corrected chi connectivity index (χ0v) is 22.5. The maximum Gasteiger partial charge on any atom is 0.320 e. The van der Waals surface area contributed by atoms with Crippen molar-refractivity contribution in [1.29, 1.82) is 5.26 Å².